The third-order valence-corrected chi connectivity index (χ3v) is 4.07. The van der Waals surface area contributed by atoms with E-state index in [1.165, 1.54) is 18.2 Å². The van der Waals surface area contributed by atoms with Crippen LogP contribution >= 0.6 is 0 Å². The van der Waals surface area contributed by atoms with E-state index in [-0.39, 0.29) is 24.6 Å². The van der Waals surface area contributed by atoms with Gasteiger partial charge in [-0.1, -0.05) is 30.3 Å². The van der Waals surface area contributed by atoms with Crippen molar-refractivity contribution in [3.63, 3.8) is 0 Å². The van der Waals surface area contributed by atoms with Crippen LogP contribution in [0.5, 0.6) is 5.75 Å². The van der Waals surface area contributed by atoms with Gasteiger partial charge < -0.3 is 9.64 Å². The molecule has 2 aromatic rings. The first-order valence-corrected chi connectivity index (χ1v) is 8.64. The first kappa shape index (κ1) is 19.9. The van der Waals surface area contributed by atoms with Crippen LogP contribution in [0.1, 0.15) is 24.5 Å². The predicted molar refractivity (Wildman–Crippen MR) is 100 cm³/mol. The number of nitriles is 1. The third-order valence-electron chi connectivity index (χ3n) is 4.07. The molecule has 0 bridgehead atoms. The van der Waals surface area contributed by atoms with Crippen LogP contribution in [0, 0.1) is 21.4 Å². The zero-order chi connectivity index (χ0) is 19.6. The SMILES string of the molecule is CCN(CCC#N)C(=O)COc1ccc([N+](=O)[O-])cc1Cc1ccccc1. The molecule has 0 aliphatic carbocycles. The van der Waals surface area contributed by atoms with E-state index in [2.05, 4.69) is 0 Å². The molecule has 0 saturated heterocycles. The average molecular weight is 367 g/mol. The minimum atomic E-state index is -0.454. The summed E-state index contributed by atoms with van der Waals surface area (Å²) in [5.41, 5.74) is 1.60. The van der Waals surface area contributed by atoms with Crippen molar-refractivity contribution in [2.24, 2.45) is 0 Å². The van der Waals surface area contributed by atoms with Crippen molar-refractivity contribution in [2.45, 2.75) is 19.8 Å². The molecule has 0 N–H and O–H groups in total. The number of rotatable bonds is 9. The van der Waals surface area contributed by atoms with Crippen LogP contribution in [-0.4, -0.2) is 35.4 Å². The summed E-state index contributed by atoms with van der Waals surface area (Å²) in [5, 5.41) is 19.8. The Morgan fingerprint density at radius 2 is 2.00 bits per heavy atom. The number of carbonyl (C=O) groups is 1. The van der Waals surface area contributed by atoms with Gasteiger partial charge in [0.15, 0.2) is 6.61 Å². The van der Waals surface area contributed by atoms with E-state index >= 15 is 0 Å². The number of non-ortho nitro benzene ring substituents is 1. The Morgan fingerprint density at radius 1 is 1.26 bits per heavy atom. The molecule has 0 aliphatic heterocycles. The van der Waals surface area contributed by atoms with Crippen molar-refractivity contribution < 1.29 is 14.5 Å². The number of carbonyl (C=O) groups excluding carboxylic acids is 1. The Morgan fingerprint density at radius 3 is 2.63 bits per heavy atom. The number of nitro groups is 1. The van der Waals surface area contributed by atoms with E-state index in [1.807, 2.05) is 43.3 Å². The summed E-state index contributed by atoms with van der Waals surface area (Å²) >= 11 is 0. The fourth-order valence-corrected chi connectivity index (χ4v) is 2.65. The molecule has 0 unspecified atom stereocenters. The number of hydrogen-bond donors (Lipinski definition) is 0. The molecule has 0 atom stereocenters. The number of hydrogen-bond acceptors (Lipinski definition) is 5. The van der Waals surface area contributed by atoms with Gasteiger partial charge in [0.25, 0.3) is 11.6 Å². The van der Waals surface area contributed by atoms with Gasteiger partial charge in [-0.25, -0.2) is 0 Å². The highest BCUT2D eigenvalue weighted by Crippen LogP contribution is 2.26. The molecule has 2 aromatic carbocycles. The third kappa shape index (κ3) is 5.82. The van der Waals surface area contributed by atoms with Crippen molar-refractivity contribution in [1.82, 2.24) is 4.90 Å². The highest BCUT2D eigenvalue weighted by Gasteiger charge is 2.16. The van der Waals surface area contributed by atoms with Gasteiger partial charge in [-0.2, -0.15) is 5.26 Å². The number of nitrogens with zero attached hydrogens (tertiary/aromatic N) is 3. The van der Waals surface area contributed by atoms with Gasteiger partial charge in [0.1, 0.15) is 5.75 Å². The van der Waals surface area contributed by atoms with Crippen LogP contribution in [0.3, 0.4) is 0 Å². The summed E-state index contributed by atoms with van der Waals surface area (Å²) in [5.74, 6) is 0.214. The molecule has 0 spiro atoms. The van der Waals surface area contributed by atoms with E-state index in [0.29, 0.717) is 30.8 Å². The lowest BCUT2D eigenvalue weighted by Crippen LogP contribution is -2.35. The number of likely N-dealkylation sites (N-methyl/N-ethyl adjacent to an activating group) is 1. The second kappa shape index (κ2) is 9.92. The maximum absolute atomic E-state index is 12.3. The van der Waals surface area contributed by atoms with E-state index < -0.39 is 4.92 Å². The monoisotopic (exact) mass is 367 g/mol. The summed E-state index contributed by atoms with van der Waals surface area (Å²) < 4.78 is 5.67. The minimum absolute atomic E-state index is 0.0242. The van der Waals surface area contributed by atoms with Gasteiger partial charge in [0.2, 0.25) is 0 Å². The molecule has 0 saturated carbocycles. The highest BCUT2D eigenvalue weighted by atomic mass is 16.6. The van der Waals surface area contributed by atoms with E-state index in [9.17, 15) is 14.9 Å². The molecule has 7 heteroatoms. The quantitative estimate of drug-likeness (QED) is 0.500. The minimum Gasteiger partial charge on any atom is -0.483 e. The number of ether oxygens (including phenoxy) is 1. The summed E-state index contributed by atoms with van der Waals surface area (Å²) in [7, 11) is 0. The van der Waals surface area contributed by atoms with Crippen LogP contribution < -0.4 is 4.74 Å². The Balaban J connectivity index is 2.16. The lowest BCUT2D eigenvalue weighted by Gasteiger charge is -2.20. The number of benzene rings is 2. The molecule has 0 radical (unpaired) electrons. The maximum atomic E-state index is 12.3. The van der Waals surface area contributed by atoms with Gasteiger partial charge >= 0.3 is 0 Å². The van der Waals surface area contributed by atoms with E-state index in [0.717, 1.165) is 5.56 Å². The summed E-state index contributed by atoms with van der Waals surface area (Å²) in [6.07, 6.45) is 0.717. The zero-order valence-electron chi connectivity index (χ0n) is 15.1. The Kier molecular flexibility index (Phi) is 7.32. The Labute approximate surface area is 157 Å². The highest BCUT2D eigenvalue weighted by molar-refractivity contribution is 5.77. The van der Waals surface area contributed by atoms with E-state index in [4.69, 9.17) is 10.00 Å². The van der Waals surface area contributed by atoms with Crippen molar-refractivity contribution in [3.8, 4) is 11.8 Å². The fraction of sp³-hybridized carbons (Fsp3) is 0.300. The molecule has 1 amide bonds. The van der Waals surface area contributed by atoms with Crippen LogP contribution in [0.4, 0.5) is 5.69 Å². The molecule has 0 aliphatic rings. The molecular formula is C20H21N3O4. The van der Waals surface area contributed by atoms with Crippen LogP contribution in [0.2, 0.25) is 0 Å². The van der Waals surface area contributed by atoms with Crippen molar-refractivity contribution >= 4 is 11.6 Å². The lowest BCUT2D eigenvalue weighted by atomic mass is 10.0. The summed E-state index contributed by atoms with van der Waals surface area (Å²) in [6.45, 7) is 2.49. The molecule has 0 fully saturated rings. The van der Waals surface area contributed by atoms with Crippen LogP contribution in [-0.2, 0) is 11.2 Å². The number of nitro benzene ring substituents is 1. The van der Waals surface area contributed by atoms with Crippen LogP contribution in [0.15, 0.2) is 48.5 Å². The molecule has 0 aromatic heterocycles. The normalized spacial score (nSPS) is 10.1. The molecule has 7 nitrogen and oxygen atoms in total. The topological polar surface area (TPSA) is 96.5 Å². The fourth-order valence-electron chi connectivity index (χ4n) is 2.65. The number of amides is 1. The molecule has 140 valence electrons. The van der Waals surface area contributed by atoms with Gasteiger partial charge in [-0.05, 0) is 18.6 Å². The molecule has 27 heavy (non-hydrogen) atoms. The van der Waals surface area contributed by atoms with Crippen molar-refractivity contribution in [2.75, 3.05) is 19.7 Å². The Bertz CT molecular complexity index is 831. The molecule has 0 heterocycles. The van der Waals surface area contributed by atoms with Crippen LogP contribution in [0.25, 0.3) is 0 Å². The van der Waals surface area contributed by atoms with Gasteiger partial charge in [0.05, 0.1) is 17.4 Å². The summed E-state index contributed by atoms with van der Waals surface area (Å²) in [6, 6.07) is 15.9. The molecule has 2 rings (SSSR count). The largest absolute Gasteiger partial charge is 0.483 e. The second-order valence-corrected chi connectivity index (χ2v) is 5.88. The van der Waals surface area contributed by atoms with E-state index in [1.54, 1.807) is 4.90 Å². The maximum Gasteiger partial charge on any atom is 0.269 e. The lowest BCUT2D eigenvalue weighted by molar-refractivity contribution is -0.384. The first-order valence-electron chi connectivity index (χ1n) is 8.64. The van der Waals surface area contributed by atoms with Gasteiger partial charge in [-0.15, -0.1) is 0 Å². The van der Waals surface area contributed by atoms with Crippen molar-refractivity contribution in [3.05, 3.63) is 69.8 Å². The van der Waals surface area contributed by atoms with Gasteiger partial charge in [0, 0.05) is 37.2 Å². The smallest absolute Gasteiger partial charge is 0.269 e. The van der Waals surface area contributed by atoms with Gasteiger partial charge in [-0.3, -0.25) is 14.9 Å². The Hall–Kier alpha value is -3.40. The summed E-state index contributed by atoms with van der Waals surface area (Å²) in [4.78, 5) is 24.5. The first-order chi connectivity index (χ1) is 13.0. The van der Waals surface area contributed by atoms with Crippen molar-refractivity contribution in [1.29, 1.82) is 5.26 Å². The standard InChI is InChI=1S/C20H21N3O4/c1-2-22(12-6-11-21)20(24)15-27-19-10-9-18(23(25)26)14-17(19)13-16-7-4-3-5-8-16/h3-5,7-10,14H,2,6,12-13,15H2,1H3. The molecular weight excluding hydrogens is 346 g/mol. The zero-order valence-corrected chi connectivity index (χ0v) is 15.1. The average Bonchev–Trinajstić information content (AvgIpc) is 2.68. The predicted octanol–water partition coefficient (Wildman–Crippen LogP) is 3.33. The second-order valence-electron chi connectivity index (χ2n) is 5.88.